The topological polar surface area (TPSA) is 42.1 Å². The third kappa shape index (κ3) is 4.92. The molecule has 0 spiro atoms. The van der Waals surface area contributed by atoms with E-state index in [9.17, 15) is 0 Å². The lowest BCUT2D eigenvalue weighted by molar-refractivity contribution is 0.169. The Morgan fingerprint density at radius 1 is 1.11 bits per heavy atom. The van der Waals surface area contributed by atoms with Crippen molar-refractivity contribution in [3.05, 3.63) is 30.1 Å². The third-order valence-electron chi connectivity index (χ3n) is 4.13. The summed E-state index contributed by atoms with van der Waals surface area (Å²) in [6.07, 6.45) is 13.2. The summed E-state index contributed by atoms with van der Waals surface area (Å²) in [7, 11) is 0. The fraction of sp³-hybridized carbons (Fsp3) is 0.688. The standard InChI is InChI=1S/C16H27N3/c17-10-5-13-19(14-15-8-11-18-12-9-15)16-6-3-1-2-4-7-16/h8-9,11-12,16H,1-7,10,13-14,17H2. The Balaban J connectivity index is 1.97. The first-order valence-electron chi connectivity index (χ1n) is 7.73. The quantitative estimate of drug-likeness (QED) is 0.801. The van der Waals surface area contributed by atoms with E-state index in [-0.39, 0.29) is 0 Å². The van der Waals surface area contributed by atoms with Crippen molar-refractivity contribution in [1.29, 1.82) is 0 Å². The largest absolute Gasteiger partial charge is 0.330 e. The Morgan fingerprint density at radius 3 is 2.42 bits per heavy atom. The van der Waals surface area contributed by atoms with Crippen LogP contribution in [0.3, 0.4) is 0 Å². The van der Waals surface area contributed by atoms with E-state index < -0.39 is 0 Å². The lowest BCUT2D eigenvalue weighted by Crippen LogP contribution is -2.36. The average molecular weight is 261 g/mol. The number of pyridine rings is 1. The molecule has 1 heterocycles. The predicted octanol–water partition coefficient (Wildman–Crippen LogP) is 2.96. The Kier molecular flexibility index (Phi) is 6.31. The number of nitrogens with two attached hydrogens (primary N) is 1. The molecule has 2 rings (SSSR count). The van der Waals surface area contributed by atoms with Gasteiger partial charge in [0.2, 0.25) is 0 Å². The number of hydrogen-bond acceptors (Lipinski definition) is 3. The van der Waals surface area contributed by atoms with Crippen molar-refractivity contribution in [3.63, 3.8) is 0 Å². The SMILES string of the molecule is NCCCN(Cc1ccncc1)C1CCCCCC1. The van der Waals surface area contributed by atoms with Crippen LogP contribution in [0.1, 0.15) is 50.5 Å². The van der Waals surface area contributed by atoms with E-state index in [0.717, 1.165) is 32.1 Å². The van der Waals surface area contributed by atoms with E-state index >= 15 is 0 Å². The fourth-order valence-electron chi connectivity index (χ4n) is 3.03. The van der Waals surface area contributed by atoms with Gasteiger partial charge in [-0.15, -0.1) is 0 Å². The maximum Gasteiger partial charge on any atom is 0.0271 e. The summed E-state index contributed by atoms with van der Waals surface area (Å²) in [5.74, 6) is 0. The highest BCUT2D eigenvalue weighted by Gasteiger charge is 2.19. The molecule has 1 fully saturated rings. The van der Waals surface area contributed by atoms with E-state index in [0.29, 0.717) is 0 Å². The van der Waals surface area contributed by atoms with Crippen LogP contribution in [-0.4, -0.2) is 29.0 Å². The molecule has 0 radical (unpaired) electrons. The van der Waals surface area contributed by atoms with Crippen LogP contribution in [0.5, 0.6) is 0 Å². The van der Waals surface area contributed by atoms with E-state index in [4.69, 9.17) is 5.73 Å². The zero-order chi connectivity index (χ0) is 13.3. The molecule has 0 aromatic carbocycles. The van der Waals surface area contributed by atoms with Gasteiger partial charge in [-0.05, 0) is 50.0 Å². The summed E-state index contributed by atoms with van der Waals surface area (Å²) in [5.41, 5.74) is 7.07. The van der Waals surface area contributed by atoms with Gasteiger partial charge < -0.3 is 5.73 Å². The van der Waals surface area contributed by atoms with Gasteiger partial charge in [-0.2, -0.15) is 0 Å². The minimum absolute atomic E-state index is 0.752. The van der Waals surface area contributed by atoms with Gasteiger partial charge in [-0.3, -0.25) is 9.88 Å². The summed E-state index contributed by atoms with van der Waals surface area (Å²) in [4.78, 5) is 6.75. The van der Waals surface area contributed by atoms with Crippen LogP contribution < -0.4 is 5.73 Å². The van der Waals surface area contributed by atoms with Crippen LogP contribution in [0, 0.1) is 0 Å². The summed E-state index contributed by atoms with van der Waals surface area (Å²) >= 11 is 0. The molecule has 19 heavy (non-hydrogen) atoms. The molecule has 106 valence electrons. The Hall–Kier alpha value is -0.930. The van der Waals surface area contributed by atoms with Crippen molar-refractivity contribution in [1.82, 2.24) is 9.88 Å². The highest BCUT2D eigenvalue weighted by Crippen LogP contribution is 2.23. The average Bonchev–Trinajstić information content (AvgIpc) is 2.73. The van der Waals surface area contributed by atoms with E-state index in [1.54, 1.807) is 0 Å². The van der Waals surface area contributed by atoms with Crippen molar-refractivity contribution in [2.45, 2.75) is 57.5 Å². The smallest absolute Gasteiger partial charge is 0.0271 e. The lowest BCUT2D eigenvalue weighted by Gasteiger charge is -2.31. The number of nitrogens with zero attached hydrogens (tertiary/aromatic N) is 2. The molecule has 0 amide bonds. The van der Waals surface area contributed by atoms with Crippen LogP contribution in [0.4, 0.5) is 0 Å². The highest BCUT2D eigenvalue weighted by atomic mass is 15.1. The molecule has 1 saturated carbocycles. The molecule has 1 aromatic rings. The number of rotatable bonds is 6. The second-order valence-corrected chi connectivity index (χ2v) is 5.61. The van der Waals surface area contributed by atoms with Gasteiger partial charge in [-0.1, -0.05) is 25.7 Å². The monoisotopic (exact) mass is 261 g/mol. The molecule has 0 atom stereocenters. The van der Waals surface area contributed by atoms with E-state index in [2.05, 4.69) is 22.0 Å². The lowest BCUT2D eigenvalue weighted by atomic mass is 10.1. The predicted molar refractivity (Wildman–Crippen MR) is 79.8 cm³/mol. The van der Waals surface area contributed by atoms with Gasteiger partial charge in [-0.25, -0.2) is 0 Å². The number of hydrogen-bond donors (Lipinski definition) is 1. The zero-order valence-corrected chi connectivity index (χ0v) is 11.9. The first-order chi connectivity index (χ1) is 9.40. The van der Waals surface area contributed by atoms with Gasteiger partial charge in [0.05, 0.1) is 0 Å². The maximum absolute atomic E-state index is 5.69. The number of aromatic nitrogens is 1. The molecule has 1 aliphatic carbocycles. The van der Waals surface area contributed by atoms with Crippen molar-refractivity contribution in [3.8, 4) is 0 Å². The molecule has 0 aliphatic heterocycles. The minimum Gasteiger partial charge on any atom is -0.330 e. The van der Waals surface area contributed by atoms with Crippen LogP contribution in [0.15, 0.2) is 24.5 Å². The van der Waals surface area contributed by atoms with Crippen molar-refractivity contribution >= 4 is 0 Å². The second-order valence-electron chi connectivity index (χ2n) is 5.61. The molecular weight excluding hydrogens is 234 g/mol. The molecule has 1 aliphatic rings. The van der Waals surface area contributed by atoms with Crippen molar-refractivity contribution in [2.24, 2.45) is 5.73 Å². The van der Waals surface area contributed by atoms with E-state index in [1.807, 2.05) is 12.4 Å². The zero-order valence-electron chi connectivity index (χ0n) is 11.9. The molecule has 2 N–H and O–H groups in total. The third-order valence-corrected chi connectivity index (χ3v) is 4.13. The summed E-state index contributed by atoms with van der Waals surface area (Å²) in [6.45, 7) is 2.97. The molecule has 3 heteroatoms. The van der Waals surface area contributed by atoms with Crippen LogP contribution in [0.2, 0.25) is 0 Å². The Morgan fingerprint density at radius 2 is 1.79 bits per heavy atom. The van der Waals surface area contributed by atoms with Crippen molar-refractivity contribution < 1.29 is 0 Å². The summed E-state index contributed by atoms with van der Waals surface area (Å²) < 4.78 is 0. The summed E-state index contributed by atoms with van der Waals surface area (Å²) in [5, 5.41) is 0. The van der Waals surface area contributed by atoms with Crippen LogP contribution in [0.25, 0.3) is 0 Å². The Bertz CT molecular complexity index is 331. The van der Waals surface area contributed by atoms with Gasteiger partial charge >= 0.3 is 0 Å². The maximum atomic E-state index is 5.69. The molecule has 0 saturated heterocycles. The second kappa shape index (κ2) is 8.28. The normalized spacial score (nSPS) is 17.6. The minimum atomic E-state index is 0.752. The van der Waals surface area contributed by atoms with E-state index in [1.165, 1.54) is 44.1 Å². The Labute approximate surface area is 117 Å². The summed E-state index contributed by atoms with van der Waals surface area (Å²) in [6, 6.07) is 5.01. The molecule has 0 unspecified atom stereocenters. The highest BCUT2D eigenvalue weighted by molar-refractivity contribution is 5.09. The van der Waals surface area contributed by atoms with Gasteiger partial charge in [0, 0.05) is 25.0 Å². The fourth-order valence-corrected chi connectivity index (χ4v) is 3.03. The van der Waals surface area contributed by atoms with Gasteiger partial charge in [0.1, 0.15) is 0 Å². The van der Waals surface area contributed by atoms with Gasteiger partial charge in [0.25, 0.3) is 0 Å². The molecule has 0 bridgehead atoms. The van der Waals surface area contributed by atoms with Gasteiger partial charge in [0.15, 0.2) is 0 Å². The van der Waals surface area contributed by atoms with Crippen molar-refractivity contribution in [2.75, 3.05) is 13.1 Å². The molecule has 1 aromatic heterocycles. The molecule has 3 nitrogen and oxygen atoms in total. The van der Waals surface area contributed by atoms with Crippen LogP contribution >= 0.6 is 0 Å². The first-order valence-corrected chi connectivity index (χ1v) is 7.73. The first kappa shape index (κ1) is 14.5. The molecular formula is C16H27N3. The van der Waals surface area contributed by atoms with Crippen LogP contribution in [-0.2, 0) is 6.54 Å².